The molecule has 0 saturated heterocycles. The molecule has 2 N–H and O–H groups in total. The maximum absolute atomic E-state index is 11.6. The highest BCUT2D eigenvalue weighted by Crippen LogP contribution is 2.44. The molecule has 0 fully saturated rings. The predicted octanol–water partition coefficient (Wildman–Crippen LogP) is 3.65. The van der Waals surface area contributed by atoms with Gasteiger partial charge in [-0.25, -0.2) is 9.78 Å². The third-order valence-corrected chi connectivity index (χ3v) is 5.13. The van der Waals surface area contributed by atoms with Crippen LogP contribution in [0, 0.1) is 29.6 Å². The van der Waals surface area contributed by atoms with Crippen LogP contribution in [0.15, 0.2) is 23.8 Å². The Bertz CT molecular complexity index is 1250. The van der Waals surface area contributed by atoms with E-state index in [1.165, 1.54) is 7.11 Å². The Balaban J connectivity index is 2.06. The number of ether oxygens (including phenoxy) is 3. The molecule has 0 saturated carbocycles. The van der Waals surface area contributed by atoms with Gasteiger partial charge < -0.3 is 19.9 Å². The molecule has 0 spiro atoms. The first-order chi connectivity index (χ1) is 15.4. The number of nitrogen functional groups attached to an aromatic ring is 1. The molecule has 0 aliphatic heterocycles. The van der Waals surface area contributed by atoms with Crippen LogP contribution >= 0.6 is 0 Å². The van der Waals surface area contributed by atoms with Crippen LogP contribution < -0.4 is 15.2 Å². The largest absolute Gasteiger partial charge is 0.493 e. The van der Waals surface area contributed by atoms with Crippen LogP contribution in [0.5, 0.6) is 11.5 Å². The molecule has 162 valence electrons. The lowest BCUT2D eigenvalue weighted by Crippen LogP contribution is -2.14. The SMILES string of the molecule is CCOC(=O)COc1ccc(/C=C2/C(C)=C(C#N)c3nc(N)c(C#N)c(C)c32)cc1OC. The summed E-state index contributed by atoms with van der Waals surface area (Å²) >= 11 is 0. The Morgan fingerprint density at radius 1 is 1.22 bits per heavy atom. The molecule has 3 rings (SSSR count). The number of carbonyl (C=O) groups excluding carboxylic acids is 1. The van der Waals surface area contributed by atoms with Gasteiger partial charge in [-0.15, -0.1) is 0 Å². The van der Waals surface area contributed by atoms with Crippen molar-refractivity contribution in [1.82, 2.24) is 4.98 Å². The molecular formula is C24H22N4O4. The van der Waals surface area contributed by atoms with Crippen LogP contribution in [0.2, 0.25) is 0 Å². The van der Waals surface area contributed by atoms with E-state index < -0.39 is 5.97 Å². The van der Waals surface area contributed by atoms with Crippen molar-refractivity contribution in [3.63, 3.8) is 0 Å². The minimum Gasteiger partial charge on any atom is -0.493 e. The second kappa shape index (κ2) is 9.23. The second-order valence-corrected chi connectivity index (χ2v) is 7.01. The maximum Gasteiger partial charge on any atom is 0.344 e. The van der Waals surface area contributed by atoms with E-state index in [0.29, 0.717) is 39.5 Å². The van der Waals surface area contributed by atoms with E-state index in [4.69, 9.17) is 19.9 Å². The minimum absolute atomic E-state index is 0.107. The summed E-state index contributed by atoms with van der Waals surface area (Å²) in [5, 5.41) is 19.2. The summed E-state index contributed by atoms with van der Waals surface area (Å²) in [5.74, 6) is 0.477. The Labute approximate surface area is 186 Å². The van der Waals surface area contributed by atoms with E-state index in [2.05, 4.69) is 17.1 Å². The Kier molecular flexibility index (Phi) is 6.46. The van der Waals surface area contributed by atoms with Gasteiger partial charge in [-0.3, -0.25) is 0 Å². The molecule has 1 aliphatic carbocycles. The van der Waals surface area contributed by atoms with Crippen molar-refractivity contribution >= 4 is 29.0 Å². The van der Waals surface area contributed by atoms with Gasteiger partial charge in [0, 0.05) is 5.56 Å². The van der Waals surface area contributed by atoms with Crippen molar-refractivity contribution in [3.8, 4) is 23.6 Å². The van der Waals surface area contributed by atoms with E-state index in [1.54, 1.807) is 32.0 Å². The lowest BCUT2D eigenvalue weighted by molar-refractivity contribution is -0.145. The normalized spacial score (nSPS) is 13.4. The van der Waals surface area contributed by atoms with Gasteiger partial charge in [0.05, 0.1) is 30.5 Å². The summed E-state index contributed by atoms with van der Waals surface area (Å²) in [4.78, 5) is 15.9. The van der Waals surface area contributed by atoms with E-state index in [9.17, 15) is 15.3 Å². The highest BCUT2D eigenvalue weighted by atomic mass is 16.6. The lowest BCUT2D eigenvalue weighted by atomic mass is 9.95. The van der Waals surface area contributed by atoms with E-state index >= 15 is 0 Å². The fraction of sp³-hybridized carbons (Fsp3) is 0.250. The Morgan fingerprint density at radius 3 is 2.59 bits per heavy atom. The smallest absolute Gasteiger partial charge is 0.344 e. The summed E-state index contributed by atoms with van der Waals surface area (Å²) in [6.07, 6.45) is 1.89. The number of nitrogens with zero attached hydrogens (tertiary/aromatic N) is 3. The van der Waals surface area contributed by atoms with Crippen molar-refractivity contribution in [1.29, 1.82) is 10.5 Å². The number of benzene rings is 1. The van der Waals surface area contributed by atoms with Gasteiger partial charge in [0.1, 0.15) is 18.0 Å². The number of hydrogen-bond donors (Lipinski definition) is 1. The number of allylic oxidation sites excluding steroid dienone is 3. The van der Waals surface area contributed by atoms with Gasteiger partial charge in [0.25, 0.3) is 0 Å². The zero-order valence-electron chi connectivity index (χ0n) is 18.3. The van der Waals surface area contributed by atoms with Crippen LogP contribution in [0.4, 0.5) is 5.82 Å². The molecule has 0 amide bonds. The van der Waals surface area contributed by atoms with Gasteiger partial charge in [-0.05, 0) is 61.3 Å². The second-order valence-electron chi connectivity index (χ2n) is 7.01. The third-order valence-electron chi connectivity index (χ3n) is 5.13. The highest BCUT2D eigenvalue weighted by molar-refractivity contribution is 6.08. The number of esters is 1. The molecule has 1 aromatic heterocycles. The van der Waals surface area contributed by atoms with Crippen molar-refractivity contribution in [2.45, 2.75) is 20.8 Å². The van der Waals surface area contributed by atoms with Gasteiger partial charge in [-0.1, -0.05) is 6.07 Å². The molecule has 1 aliphatic rings. The van der Waals surface area contributed by atoms with Crippen molar-refractivity contribution in [2.24, 2.45) is 0 Å². The summed E-state index contributed by atoms with van der Waals surface area (Å²) in [7, 11) is 1.50. The van der Waals surface area contributed by atoms with Crippen LogP contribution in [-0.2, 0) is 9.53 Å². The lowest BCUT2D eigenvalue weighted by Gasteiger charge is -2.13. The van der Waals surface area contributed by atoms with E-state index in [1.807, 2.05) is 13.0 Å². The first-order valence-electron chi connectivity index (χ1n) is 9.86. The minimum atomic E-state index is -0.469. The molecule has 8 heteroatoms. The first kappa shape index (κ1) is 22.4. The summed E-state index contributed by atoms with van der Waals surface area (Å²) in [6.45, 7) is 5.40. The van der Waals surface area contributed by atoms with Crippen LogP contribution in [-0.4, -0.2) is 31.3 Å². The summed E-state index contributed by atoms with van der Waals surface area (Å²) < 4.78 is 15.8. The first-order valence-corrected chi connectivity index (χ1v) is 9.86. The van der Waals surface area contributed by atoms with Crippen molar-refractivity contribution in [3.05, 3.63) is 51.7 Å². The van der Waals surface area contributed by atoms with Gasteiger partial charge >= 0.3 is 5.97 Å². The number of carbonyl (C=O) groups is 1. The third kappa shape index (κ3) is 3.99. The fourth-order valence-corrected chi connectivity index (χ4v) is 3.59. The Morgan fingerprint density at radius 2 is 1.97 bits per heavy atom. The van der Waals surface area contributed by atoms with Crippen molar-refractivity contribution in [2.75, 3.05) is 26.1 Å². The molecular weight excluding hydrogens is 408 g/mol. The molecule has 32 heavy (non-hydrogen) atoms. The van der Waals surface area contributed by atoms with E-state index in [0.717, 1.165) is 16.7 Å². The number of rotatable bonds is 6. The number of aromatic nitrogens is 1. The van der Waals surface area contributed by atoms with Gasteiger partial charge in [0.15, 0.2) is 18.1 Å². The predicted molar refractivity (Wildman–Crippen MR) is 119 cm³/mol. The summed E-state index contributed by atoms with van der Waals surface area (Å²) in [5.41, 5.74) is 10.8. The molecule has 1 heterocycles. The molecule has 0 atom stereocenters. The number of methoxy groups -OCH3 is 1. The standard InChI is InChI=1S/C24H22N4O4/c1-5-31-21(29)12-32-19-7-6-15(9-20(19)30-4)8-16-13(2)17(10-25)23-22(16)14(3)18(11-26)24(27)28-23/h6-9H,5,12H2,1-4H3,(H2,27,28)/b16-8-. The zero-order valence-corrected chi connectivity index (χ0v) is 18.3. The average molecular weight is 430 g/mol. The average Bonchev–Trinajstić information content (AvgIpc) is 3.03. The highest BCUT2D eigenvalue weighted by Gasteiger charge is 2.29. The number of pyridine rings is 1. The number of fused-ring (bicyclic) bond motifs is 1. The monoisotopic (exact) mass is 430 g/mol. The molecule has 2 aromatic rings. The van der Waals surface area contributed by atoms with Gasteiger partial charge in [0.2, 0.25) is 0 Å². The summed E-state index contributed by atoms with van der Waals surface area (Å²) in [6, 6.07) is 9.55. The Hall–Kier alpha value is -4.30. The van der Waals surface area contributed by atoms with Gasteiger partial charge in [-0.2, -0.15) is 10.5 Å². The fourth-order valence-electron chi connectivity index (χ4n) is 3.59. The van der Waals surface area contributed by atoms with Crippen molar-refractivity contribution < 1.29 is 19.0 Å². The molecule has 0 radical (unpaired) electrons. The number of hydrogen-bond acceptors (Lipinski definition) is 8. The molecule has 8 nitrogen and oxygen atoms in total. The van der Waals surface area contributed by atoms with Crippen LogP contribution in [0.25, 0.3) is 17.2 Å². The topological polar surface area (TPSA) is 131 Å². The quantitative estimate of drug-likeness (QED) is 0.687. The molecule has 0 unspecified atom stereocenters. The van der Waals surface area contributed by atoms with E-state index in [-0.39, 0.29) is 19.0 Å². The number of anilines is 1. The molecule has 0 bridgehead atoms. The zero-order chi connectivity index (χ0) is 23.4. The number of nitrogens with two attached hydrogens (primary N) is 1. The van der Waals surface area contributed by atoms with Crippen LogP contribution in [0.1, 0.15) is 41.8 Å². The maximum atomic E-state index is 11.6. The number of nitriles is 2. The molecule has 1 aromatic carbocycles. The van der Waals surface area contributed by atoms with Crippen LogP contribution in [0.3, 0.4) is 0 Å².